The molecule has 1 heterocycles. The number of amides is 2. The van der Waals surface area contributed by atoms with Crippen molar-refractivity contribution in [2.24, 2.45) is 11.7 Å². The van der Waals surface area contributed by atoms with Gasteiger partial charge in [-0.05, 0) is 25.8 Å². The summed E-state index contributed by atoms with van der Waals surface area (Å²) in [7, 11) is 0. The first-order valence-electron chi connectivity index (χ1n) is 6.45. The first kappa shape index (κ1) is 16.0. The summed E-state index contributed by atoms with van der Waals surface area (Å²) in [5.41, 5.74) is 7.20. The predicted octanol–water partition coefficient (Wildman–Crippen LogP) is 0.131. The van der Waals surface area contributed by atoms with Gasteiger partial charge in [0.25, 0.3) is 0 Å². The molecule has 0 aliphatic rings. The molecule has 1 atom stereocenters. The van der Waals surface area contributed by atoms with E-state index in [2.05, 4.69) is 20.6 Å². The Morgan fingerprint density at radius 3 is 2.30 bits per heavy atom. The summed E-state index contributed by atoms with van der Waals surface area (Å²) >= 11 is 0. The second kappa shape index (κ2) is 6.95. The van der Waals surface area contributed by atoms with Gasteiger partial charge in [-0.2, -0.15) is 0 Å². The minimum absolute atomic E-state index is 0.0146. The highest BCUT2D eigenvalue weighted by molar-refractivity contribution is 5.94. The Morgan fingerprint density at radius 2 is 1.80 bits per heavy atom. The van der Waals surface area contributed by atoms with Gasteiger partial charge in [-0.3, -0.25) is 14.9 Å². The summed E-state index contributed by atoms with van der Waals surface area (Å²) in [6.07, 6.45) is 0. The maximum absolute atomic E-state index is 11.7. The van der Waals surface area contributed by atoms with Crippen LogP contribution in [0.3, 0.4) is 0 Å². The molecule has 0 radical (unpaired) electrons. The minimum atomic E-state index is -0.625. The van der Waals surface area contributed by atoms with Gasteiger partial charge in [0.1, 0.15) is 0 Å². The van der Waals surface area contributed by atoms with Gasteiger partial charge in [-0.1, -0.05) is 13.8 Å². The number of nitrogens with two attached hydrogens (primary N) is 1. The average Bonchev–Trinajstić information content (AvgIpc) is 2.33. The predicted molar refractivity (Wildman–Crippen MR) is 76.0 cm³/mol. The Hall–Kier alpha value is -2.02. The lowest BCUT2D eigenvalue weighted by Crippen LogP contribution is -2.46. The number of nitrogens with zero attached hydrogens (tertiary/aromatic N) is 2. The third kappa shape index (κ3) is 4.93. The van der Waals surface area contributed by atoms with Crippen molar-refractivity contribution in [1.82, 2.24) is 15.3 Å². The molecule has 2 amide bonds. The Morgan fingerprint density at radius 1 is 1.25 bits per heavy atom. The van der Waals surface area contributed by atoms with Gasteiger partial charge in [0.15, 0.2) is 0 Å². The number of rotatable bonds is 5. The molecule has 7 heteroatoms. The smallest absolute Gasteiger partial charge is 0.246 e. The van der Waals surface area contributed by atoms with Crippen molar-refractivity contribution in [2.45, 2.75) is 33.7 Å². The summed E-state index contributed by atoms with van der Waals surface area (Å²) in [5, 5.41) is 5.01. The number of carbonyl (C=O) groups excluding carboxylic acids is 2. The third-order valence-electron chi connectivity index (χ3n) is 2.68. The van der Waals surface area contributed by atoms with Gasteiger partial charge in [0, 0.05) is 11.4 Å². The van der Waals surface area contributed by atoms with Gasteiger partial charge in [-0.15, -0.1) is 0 Å². The molecule has 0 fully saturated rings. The van der Waals surface area contributed by atoms with E-state index in [4.69, 9.17) is 5.73 Å². The third-order valence-corrected chi connectivity index (χ3v) is 2.68. The van der Waals surface area contributed by atoms with Gasteiger partial charge < -0.3 is 11.1 Å². The lowest BCUT2D eigenvalue weighted by Gasteiger charge is -2.15. The fraction of sp³-hybridized carbons (Fsp3) is 0.538. The lowest BCUT2D eigenvalue weighted by atomic mass is 10.1. The van der Waals surface area contributed by atoms with Crippen molar-refractivity contribution >= 4 is 17.8 Å². The maximum atomic E-state index is 11.7. The van der Waals surface area contributed by atoms with Crippen molar-refractivity contribution in [3.05, 3.63) is 17.5 Å². The summed E-state index contributed by atoms with van der Waals surface area (Å²) in [6, 6.07) is 1.18. The highest BCUT2D eigenvalue weighted by atomic mass is 16.2. The van der Waals surface area contributed by atoms with E-state index in [-0.39, 0.29) is 30.2 Å². The van der Waals surface area contributed by atoms with E-state index in [1.807, 2.05) is 27.7 Å². The number of aromatic nitrogens is 2. The van der Waals surface area contributed by atoms with Crippen molar-refractivity contribution in [3.63, 3.8) is 0 Å². The van der Waals surface area contributed by atoms with E-state index in [1.54, 1.807) is 6.07 Å². The molecule has 0 saturated heterocycles. The van der Waals surface area contributed by atoms with Crippen LogP contribution in [0.2, 0.25) is 0 Å². The van der Waals surface area contributed by atoms with Crippen LogP contribution in [0.25, 0.3) is 0 Å². The summed E-state index contributed by atoms with van der Waals surface area (Å²) in [4.78, 5) is 31.5. The fourth-order valence-corrected chi connectivity index (χ4v) is 1.54. The number of nitrogens with one attached hydrogen (secondary N) is 2. The summed E-state index contributed by atoms with van der Waals surface area (Å²) < 4.78 is 0. The largest absolute Gasteiger partial charge is 0.346 e. The van der Waals surface area contributed by atoms with Crippen LogP contribution in [0.4, 0.5) is 5.95 Å². The standard InChI is InChI=1S/C13H21N5O2/c1-7(2)11(14)12(20)15-6-10(19)18-13-16-8(3)5-9(4)17-13/h5,7,11H,6,14H2,1-4H3,(H,15,20)(H,16,17,18,19)/t11-/m0/s1. The van der Waals surface area contributed by atoms with Crippen molar-refractivity contribution in [1.29, 1.82) is 0 Å². The van der Waals surface area contributed by atoms with E-state index in [0.717, 1.165) is 11.4 Å². The average molecular weight is 279 g/mol. The van der Waals surface area contributed by atoms with Gasteiger partial charge in [0.2, 0.25) is 17.8 Å². The summed E-state index contributed by atoms with van der Waals surface area (Å²) in [5.74, 6) is -0.494. The number of hydrogen-bond donors (Lipinski definition) is 3. The lowest BCUT2D eigenvalue weighted by molar-refractivity contribution is -0.125. The quantitative estimate of drug-likeness (QED) is 0.709. The van der Waals surface area contributed by atoms with Crippen LogP contribution >= 0.6 is 0 Å². The molecule has 20 heavy (non-hydrogen) atoms. The Bertz CT molecular complexity index is 481. The molecule has 0 unspecified atom stereocenters. The molecular weight excluding hydrogens is 258 g/mol. The zero-order valence-electron chi connectivity index (χ0n) is 12.2. The first-order valence-corrected chi connectivity index (χ1v) is 6.45. The molecule has 1 aromatic rings. The van der Waals surface area contributed by atoms with E-state index in [0.29, 0.717) is 0 Å². The highest BCUT2D eigenvalue weighted by Crippen LogP contribution is 2.03. The van der Waals surface area contributed by atoms with Crippen LogP contribution in [-0.2, 0) is 9.59 Å². The van der Waals surface area contributed by atoms with E-state index >= 15 is 0 Å². The monoisotopic (exact) mass is 279 g/mol. The Labute approximate surface area is 118 Å². The zero-order valence-corrected chi connectivity index (χ0v) is 12.2. The van der Waals surface area contributed by atoms with Crippen LogP contribution in [0.1, 0.15) is 25.2 Å². The normalized spacial score (nSPS) is 12.1. The highest BCUT2D eigenvalue weighted by Gasteiger charge is 2.17. The summed E-state index contributed by atoms with van der Waals surface area (Å²) in [6.45, 7) is 7.15. The van der Waals surface area contributed by atoms with Crippen LogP contribution < -0.4 is 16.4 Å². The number of hydrogen-bond acceptors (Lipinski definition) is 5. The second-order valence-electron chi connectivity index (χ2n) is 5.01. The second-order valence-corrected chi connectivity index (χ2v) is 5.01. The number of anilines is 1. The van der Waals surface area contributed by atoms with E-state index < -0.39 is 6.04 Å². The molecule has 0 bridgehead atoms. The molecule has 4 N–H and O–H groups in total. The van der Waals surface area contributed by atoms with Crippen LogP contribution in [0.5, 0.6) is 0 Å². The Balaban J connectivity index is 2.50. The molecule has 1 rings (SSSR count). The topological polar surface area (TPSA) is 110 Å². The molecule has 0 aromatic carbocycles. The molecule has 0 aliphatic carbocycles. The molecule has 1 aromatic heterocycles. The van der Waals surface area contributed by atoms with Crippen molar-refractivity contribution in [2.75, 3.05) is 11.9 Å². The van der Waals surface area contributed by atoms with Crippen LogP contribution in [0.15, 0.2) is 6.07 Å². The van der Waals surface area contributed by atoms with Gasteiger partial charge >= 0.3 is 0 Å². The Kier molecular flexibility index (Phi) is 5.57. The SMILES string of the molecule is Cc1cc(C)nc(NC(=O)CNC(=O)[C@@H](N)C(C)C)n1. The number of aryl methyl sites for hydroxylation is 2. The zero-order chi connectivity index (χ0) is 15.3. The number of carbonyl (C=O) groups is 2. The molecule has 0 aliphatic heterocycles. The van der Waals surface area contributed by atoms with Crippen LogP contribution in [-0.4, -0.2) is 34.4 Å². The molecule has 110 valence electrons. The van der Waals surface area contributed by atoms with Gasteiger partial charge in [0.05, 0.1) is 12.6 Å². The molecule has 0 spiro atoms. The van der Waals surface area contributed by atoms with E-state index in [9.17, 15) is 9.59 Å². The molecule has 7 nitrogen and oxygen atoms in total. The van der Waals surface area contributed by atoms with E-state index in [1.165, 1.54) is 0 Å². The maximum Gasteiger partial charge on any atom is 0.246 e. The first-order chi connectivity index (χ1) is 9.29. The van der Waals surface area contributed by atoms with Gasteiger partial charge in [-0.25, -0.2) is 9.97 Å². The van der Waals surface area contributed by atoms with Crippen LogP contribution in [0, 0.1) is 19.8 Å². The van der Waals surface area contributed by atoms with Crippen molar-refractivity contribution < 1.29 is 9.59 Å². The minimum Gasteiger partial charge on any atom is -0.346 e. The molecular formula is C13H21N5O2. The molecule has 0 saturated carbocycles. The van der Waals surface area contributed by atoms with Crippen molar-refractivity contribution in [3.8, 4) is 0 Å². The fourth-order valence-electron chi connectivity index (χ4n) is 1.54.